The van der Waals surface area contributed by atoms with E-state index < -0.39 is 9.05 Å². The molecule has 0 bridgehead atoms. The molecule has 0 aliphatic rings. The molecule has 2 rings (SSSR count). The first-order chi connectivity index (χ1) is 8.68. The van der Waals surface area contributed by atoms with E-state index in [1.807, 2.05) is 22.8 Å². The van der Waals surface area contributed by atoms with Crippen molar-refractivity contribution in [2.75, 3.05) is 0 Å². The van der Waals surface area contributed by atoms with Crippen LogP contribution in [0.15, 0.2) is 35.4 Å². The second-order valence-corrected chi connectivity index (χ2v) is 8.49. The van der Waals surface area contributed by atoms with E-state index in [4.69, 9.17) is 10.7 Å². The largest absolute Gasteiger partial charge is 0.346 e. The number of fused-ring (bicyclic) bond motifs is 1. The Morgan fingerprint density at radius 3 is 2.42 bits per heavy atom. The lowest BCUT2D eigenvalue weighted by Crippen LogP contribution is -2.09. The van der Waals surface area contributed by atoms with Crippen LogP contribution < -0.4 is 0 Å². The van der Waals surface area contributed by atoms with Gasteiger partial charge in [0.15, 0.2) is 0 Å². The van der Waals surface area contributed by atoms with E-state index in [9.17, 15) is 8.42 Å². The highest BCUT2D eigenvalue weighted by Crippen LogP contribution is 2.29. The maximum atomic E-state index is 11.6. The second-order valence-electron chi connectivity index (χ2n) is 5.95. The lowest BCUT2D eigenvalue weighted by atomic mass is 9.92. The standard InChI is InChI=1S/C14H18ClNO2S/c1-14(2,3)8-9-16-10-13(19(15,17)18)11-6-4-5-7-12(11)16/h4-7,10H,8-9H2,1-3H3. The second kappa shape index (κ2) is 4.84. The molecule has 5 heteroatoms. The van der Waals surface area contributed by atoms with Crippen LogP contribution in [0.25, 0.3) is 10.9 Å². The zero-order valence-corrected chi connectivity index (χ0v) is 12.9. The molecule has 3 nitrogen and oxygen atoms in total. The molecule has 0 radical (unpaired) electrons. The number of hydrogen-bond donors (Lipinski definition) is 0. The van der Waals surface area contributed by atoms with Gasteiger partial charge in [-0.15, -0.1) is 0 Å². The van der Waals surface area contributed by atoms with Gasteiger partial charge in [-0.3, -0.25) is 0 Å². The number of nitrogens with zero attached hydrogens (tertiary/aromatic N) is 1. The van der Waals surface area contributed by atoms with Crippen LogP contribution >= 0.6 is 10.7 Å². The predicted octanol–water partition coefficient (Wildman–Crippen LogP) is 4.01. The first kappa shape index (κ1) is 14.4. The molecule has 0 aliphatic heterocycles. The summed E-state index contributed by atoms with van der Waals surface area (Å²) in [5.41, 5.74) is 1.11. The lowest BCUT2D eigenvalue weighted by molar-refractivity contribution is 0.353. The van der Waals surface area contributed by atoms with Gasteiger partial charge >= 0.3 is 0 Å². The van der Waals surface area contributed by atoms with Gasteiger partial charge in [0.25, 0.3) is 9.05 Å². The van der Waals surface area contributed by atoms with Crippen LogP contribution in [0.4, 0.5) is 0 Å². The number of aryl methyl sites for hydroxylation is 1. The summed E-state index contributed by atoms with van der Waals surface area (Å²) in [6.45, 7) is 7.27. The van der Waals surface area contributed by atoms with Gasteiger partial charge in [-0.2, -0.15) is 0 Å². The van der Waals surface area contributed by atoms with Crippen LogP contribution in [0.1, 0.15) is 27.2 Å². The summed E-state index contributed by atoms with van der Waals surface area (Å²) in [5.74, 6) is 0. The fraction of sp³-hybridized carbons (Fsp3) is 0.429. The summed E-state index contributed by atoms with van der Waals surface area (Å²) in [7, 11) is 1.79. The Kier molecular flexibility index (Phi) is 3.67. The van der Waals surface area contributed by atoms with Gasteiger partial charge < -0.3 is 4.57 Å². The summed E-state index contributed by atoms with van der Waals surface area (Å²) in [6, 6.07) is 7.43. The van der Waals surface area contributed by atoms with Crippen LogP contribution in [0.2, 0.25) is 0 Å². The Morgan fingerprint density at radius 1 is 1.21 bits per heavy atom. The van der Waals surface area contributed by atoms with Crippen LogP contribution in [0.3, 0.4) is 0 Å². The first-order valence-corrected chi connectivity index (χ1v) is 8.52. The highest BCUT2D eigenvalue weighted by Gasteiger charge is 2.19. The van der Waals surface area contributed by atoms with E-state index in [1.54, 1.807) is 12.3 Å². The van der Waals surface area contributed by atoms with Crippen LogP contribution in [0.5, 0.6) is 0 Å². The van der Waals surface area contributed by atoms with Gasteiger partial charge in [0.2, 0.25) is 0 Å². The van der Waals surface area contributed by atoms with Gasteiger partial charge in [-0.05, 0) is 17.9 Å². The smallest absolute Gasteiger partial charge is 0.263 e. The average Bonchev–Trinajstić information content (AvgIpc) is 2.64. The van der Waals surface area contributed by atoms with Crippen molar-refractivity contribution >= 4 is 30.6 Å². The van der Waals surface area contributed by atoms with E-state index >= 15 is 0 Å². The maximum absolute atomic E-state index is 11.6. The third-order valence-corrected chi connectivity index (χ3v) is 4.47. The molecule has 0 amide bonds. The fourth-order valence-electron chi connectivity index (χ4n) is 2.05. The quantitative estimate of drug-likeness (QED) is 0.803. The Morgan fingerprint density at radius 2 is 1.84 bits per heavy atom. The Balaban J connectivity index is 2.51. The summed E-state index contributed by atoms with van der Waals surface area (Å²) in [4.78, 5) is 0.193. The molecule has 0 fully saturated rings. The minimum atomic E-state index is -3.71. The number of benzene rings is 1. The molecule has 2 aromatic rings. The van der Waals surface area contributed by atoms with E-state index in [0.717, 1.165) is 18.5 Å². The predicted molar refractivity (Wildman–Crippen MR) is 79.0 cm³/mol. The molecule has 1 aromatic carbocycles. The van der Waals surface area contributed by atoms with Gasteiger partial charge in [0, 0.05) is 34.3 Å². The molecule has 0 spiro atoms. The van der Waals surface area contributed by atoms with Crippen LogP contribution in [-0.2, 0) is 15.6 Å². The molecule has 0 saturated carbocycles. The minimum absolute atomic E-state index is 0.193. The molecule has 1 heterocycles. The van der Waals surface area contributed by atoms with E-state index in [2.05, 4.69) is 20.8 Å². The van der Waals surface area contributed by atoms with Crippen molar-refractivity contribution in [1.29, 1.82) is 0 Å². The Bertz CT molecular complexity index is 696. The van der Waals surface area contributed by atoms with E-state index in [-0.39, 0.29) is 10.3 Å². The van der Waals surface area contributed by atoms with Crippen molar-refractivity contribution < 1.29 is 8.42 Å². The number of aromatic nitrogens is 1. The zero-order valence-electron chi connectivity index (χ0n) is 11.4. The van der Waals surface area contributed by atoms with E-state index in [1.165, 1.54) is 0 Å². The lowest BCUT2D eigenvalue weighted by Gasteiger charge is -2.18. The van der Waals surface area contributed by atoms with Crippen molar-refractivity contribution in [3.05, 3.63) is 30.5 Å². The van der Waals surface area contributed by atoms with Gasteiger partial charge in [-0.25, -0.2) is 8.42 Å². The molecule has 0 atom stereocenters. The molecule has 104 valence electrons. The van der Waals surface area contributed by atoms with Crippen molar-refractivity contribution in [2.24, 2.45) is 5.41 Å². The number of hydrogen-bond acceptors (Lipinski definition) is 2. The molecule has 0 saturated heterocycles. The third-order valence-electron chi connectivity index (χ3n) is 3.12. The molecule has 0 unspecified atom stereocenters. The number of para-hydroxylation sites is 1. The molecular formula is C14H18ClNO2S. The van der Waals surface area contributed by atoms with Crippen molar-refractivity contribution in [3.63, 3.8) is 0 Å². The molecule has 1 aromatic heterocycles. The summed E-state index contributed by atoms with van der Waals surface area (Å²) in [6.07, 6.45) is 2.60. The van der Waals surface area contributed by atoms with Crippen molar-refractivity contribution in [3.8, 4) is 0 Å². The summed E-state index contributed by atoms with van der Waals surface area (Å²) >= 11 is 0. The zero-order chi connectivity index (χ0) is 14.3. The maximum Gasteiger partial charge on any atom is 0.263 e. The highest BCUT2D eigenvalue weighted by molar-refractivity contribution is 8.14. The van der Waals surface area contributed by atoms with Gasteiger partial charge in [0.1, 0.15) is 4.90 Å². The van der Waals surface area contributed by atoms with Crippen molar-refractivity contribution in [2.45, 2.75) is 38.6 Å². The molecular weight excluding hydrogens is 282 g/mol. The van der Waals surface area contributed by atoms with Crippen LogP contribution in [0, 0.1) is 5.41 Å². The number of halogens is 1. The fourth-order valence-corrected chi connectivity index (χ4v) is 3.11. The Labute approximate surface area is 118 Å². The summed E-state index contributed by atoms with van der Waals surface area (Å²) in [5, 5.41) is 0.686. The highest BCUT2D eigenvalue weighted by atomic mass is 35.7. The number of rotatable bonds is 3. The third kappa shape index (κ3) is 3.31. The Hall–Kier alpha value is -1.00. The monoisotopic (exact) mass is 299 g/mol. The first-order valence-electron chi connectivity index (χ1n) is 6.21. The SMILES string of the molecule is CC(C)(C)CCn1cc(S(=O)(=O)Cl)c2ccccc21. The summed E-state index contributed by atoms with van der Waals surface area (Å²) < 4.78 is 25.2. The molecule has 0 aliphatic carbocycles. The van der Waals surface area contributed by atoms with Gasteiger partial charge in [0.05, 0.1) is 0 Å². The molecule has 0 N–H and O–H groups in total. The minimum Gasteiger partial charge on any atom is -0.346 e. The average molecular weight is 300 g/mol. The van der Waals surface area contributed by atoms with E-state index in [0.29, 0.717) is 5.39 Å². The van der Waals surface area contributed by atoms with Crippen LogP contribution in [-0.4, -0.2) is 13.0 Å². The molecule has 19 heavy (non-hydrogen) atoms. The van der Waals surface area contributed by atoms with Gasteiger partial charge in [-0.1, -0.05) is 39.0 Å². The topological polar surface area (TPSA) is 39.1 Å². The normalized spacial score (nSPS) is 13.1. The van der Waals surface area contributed by atoms with Crippen molar-refractivity contribution in [1.82, 2.24) is 4.57 Å².